The molecule has 0 saturated carbocycles. The van der Waals surface area contributed by atoms with Gasteiger partial charge in [0.25, 0.3) is 5.91 Å². The van der Waals surface area contributed by atoms with Gasteiger partial charge in [0.1, 0.15) is 0 Å². The number of amides is 2. The van der Waals surface area contributed by atoms with Crippen molar-refractivity contribution in [2.24, 2.45) is 0 Å². The van der Waals surface area contributed by atoms with Crippen LogP contribution in [-0.4, -0.2) is 35.3 Å². The highest BCUT2D eigenvalue weighted by Gasteiger charge is 2.23. The first-order valence-corrected chi connectivity index (χ1v) is 7.26. The first-order chi connectivity index (χ1) is 9.62. The quantitative estimate of drug-likeness (QED) is 0.927. The molecular formula is C17H26N2O2. The Labute approximate surface area is 127 Å². The number of hydrogen-bond acceptors (Lipinski definition) is 2. The van der Waals surface area contributed by atoms with Crippen molar-refractivity contribution >= 4 is 11.8 Å². The van der Waals surface area contributed by atoms with Crippen LogP contribution in [0.3, 0.4) is 0 Å². The van der Waals surface area contributed by atoms with E-state index < -0.39 is 0 Å². The fraction of sp³-hybridized carbons (Fsp3) is 0.529. The van der Waals surface area contributed by atoms with Gasteiger partial charge in [-0.05, 0) is 57.9 Å². The minimum atomic E-state index is -0.239. The summed E-state index contributed by atoms with van der Waals surface area (Å²) in [5, 5.41) is 2.87. The lowest BCUT2D eigenvalue weighted by Gasteiger charge is -2.35. The second kappa shape index (κ2) is 6.74. The van der Waals surface area contributed by atoms with Crippen LogP contribution in [0.4, 0.5) is 0 Å². The molecule has 0 aliphatic heterocycles. The monoisotopic (exact) mass is 290 g/mol. The molecule has 1 aromatic rings. The molecule has 1 rings (SSSR count). The van der Waals surface area contributed by atoms with Gasteiger partial charge in [-0.1, -0.05) is 6.07 Å². The van der Waals surface area contributed by atoms with Gasteiger partial charge in [0.15, 0.2) is 0 Å². The van der Waals surface area contributed by atoms with Crippen LogP contribution in [-0.2, 0) is 4.79 Å². The van der Waals surface area contributed by atoms with Gasteiger partial charge in [-0.25, -0.2) is 0 Å². The molecule has 0 fully saturated rings. The predicted octanol–water partition coefficient (Wildman–Crippen LogP) is 2.68. The Balaban J connectivity index is 2.60. The molecule has 116 valence electrons. The average molecular weight is 290 g/mol. The lowest BCUT2D eigenvalue weighted by molar-refractivity contribution is -0.133. The van der Waals surface area contributed by atoms with E-state index in [2.05, 4.69) is 5.32 Å². The van der Waals surface area contributed by atoms with E-state index >= 15 is 0 Å². The van der Waals surface area contributed by atoms with Crippen LogP contribution in [0.2, 0.25) is 0 Å². The summed E-state index contributed by atoms with van der Waals surface area (Å²) in [6.07, 6.45) is 0. The zero-order chi connectivity index (χ0) is 16.2. The molecule has 0 saturated heterocycles. The molecule has 0 atom stereocenters. The molecule has 0 radical (unpaired) electrons. The Morgan fingerprint density at radius 1 is 1.14 bits per heavy atom. The minimum Gasteiger partial charge on any atom is -0.350 e. The SMILES string of the molecule is CC(=O)N(CCNC(=O)c1ccc(C)c(C)c1)C(C)(C)C. The molecule has 0 heterocycles. The van der Waals surface area contributed by atoms with E-state index in [-0.39, 0.29) is 17.4 Å². The van der Waals surface area contributed by atoms with Crippen molar-refractivity contribution in [2.45, 2.75) is 47.1 Å². The van der Waals surface area contributed by atoms with Crippen LogP contribution in [0.1, 0.15) is 49.2 Å². The molecular weight excluding hydrogens is 264 g/mol. The van der Waals surface area contributed by atoms with E-state index in [1.54, 1.807) is 11.8 Å². The molecule has 4 heteroatoms. The number of rotatable bonds is 4. The Kier molecular flexibility index (Phi) is 5.53. The van der Waals surface area contributed by atoms with Crippen LogP contribution in [0.15, 0.2) is 18.2 Å². The Hall–Kier alpha value is -1.84. The third-order valence-corrected chi connectivity index (χ3v) is 3.58. The van der Waals surface area contributed by atoms with E-state index in [1.807, 2.05) is 52.8 Å². The normalized spacial score (nSPS) is 11.1. The van der Waals surface area contributed by atoms with Crippen LogP contribution >= 0.6 is 0 Å². The van der Waals surface area contributed by atoms with Crippen molar-refractivity contribution in [3.63, 3.8) is 0 Å². The molecule has 1 N–H and O–H groups in total. The smallest absolute Gasteiger partial charge is 0.251 e. The molecule has 2 amide bonds. The Morgan fingerprint density at radius 3 is 2.24 bits per heavy atom. The van der Waals surface area contributed by atoms with Gasteiger partial charge in [-0.3, -0.25) is 9.59 Å². The van der Waals surface area contributed by atoms with Gasteiger partial charge in [0.2, 0.25) is 5.91 Å². The zero-order valence-electron chi connectivity index (χ0n) is 13.9. The maximum absolute atomic E-state index is 12.1. The first kappa shape index (κ1) is 17.2. The van der Waals surface area contributed by atoms with Gasteiger partial charge >= 0.3 is 0 Å². The standard InChI is InChI=1S/C17H26N2O2/c1-12-7-8-15(11-13(12)2)16(21)18-9-10-19(14(3)20)17(4,5)6/h7-8,11H,9-10H2,1-6H3,(H,18,21). The van der Waals surface area contributed by atoms with E-state index in [0.717, 1.165) is 5.56 Å². The van der Waals surface area contributed by atoms with Crippen molar-refractivity contribution in [1.82, 2.24) is 10.2 Å². The van der Waals surface area contributed by atoms with Crippen molar-refractivity contribution < 1.29 is 9.59 Å². The Bertz CT molecular complexity index is 530. The van der Waals surface area contributed by atoms with Gasteiger partial charge in [0, 0.05) is 31.1 Å². The van der Waals surface area contributed by atoms with Crippen LogP contribution in [0.25, 0.3) is 0 Å². The summed E-state index contributed by atoms with van der Waals surface area (Å²) in [6, 6.07) is 5.66. The first-order valence-electron chi connectivity index (χ1n) is 7.26. The van der Waals surface area contributed by atoms with Gasteiger partial charge in [-0.15, -0.1) is 0 Å². The van der Waals surface area contributed by atoms with Crippen LogP contribution in [0.5, 0.6) is 0 Å². The number of hydrogen-bond donors (Lipinski definition) is 1. The highest BCUT2D eigenvalue weighted by Crippen LogP contribution is 2.13. The lowest BCUT2D eigenvalue weighted by atomic mass is 10.1. The van der Waals surface area contributed by atoms with Gasteiger partial charge in [0.05, 0.1) is 0 Å². The van der Waals surface area contributed by atoms with Crippen molar-refractivity contribution in [2.75, 3.05) is 13.1 Å². The summed E-state index contributed by atoms with van der Waals surface area (Å²) in [5.41, 5.74) is 2.68. The van der Waals surface area contributed by atoms with E-state index in [9.17, 15) is 9.59 Å². The summed E-state index contributed by atoms with van der Waals surface area (Å²) >= 11 is 0. The molecule has 0 aliphatic rings. The summed E-state index contributed by atoms with van der Waals surface area (Å²) in [4.78, 5) is 25.5. The molecule has 0 unspecified atom stereocenters. The largest absolute Gasteiger partial charge is 0.350 e. The molecule has 0 bridgehead atoms. The third-order valence-electron chi connectivity index (χ3n) is 3.58. The second-order valence-electron chi connectivity index (χ2n) is 6.40. The number of nitrogens with one attached hydrogen (secondary N) is 1. The molecule has 4 nitrogen and oxygen atoms in total. The van der Waals surface area contributed by atoms with Crippen molar-refractivity contribution in [3.05, 3.63) is 34.9 Å². The van der Waals surface area contributed by atoms with E-state index in [1.165, 1.54) is 5.56 Å². The molecule has 1 aromatic carbocycles. The maximum atomic E-state index is 12.1. The number of benzene rings is 1. The number of carbonyl (C=O) groups is 2. The van der Waals surface area contributed by atoms with Crippen molar-refractivity contribution in [3.8, 4) is 0 Å². The molecule has 0 aliphatic carbocycles. The van der Waals surface area contributed by atoms with Crippen molar-refractivity contribution in [1.29, 1.82) is 0 Å². The molecule has 0 aromatic heterocycles. The van der Waals surface area contributed by atoms with Gasteiger partial charge in [-0.2, -0.15) is 0 Å². The predicted molar refractivity (Wildman–Crippen MR) is 85.4 cm³/mol. The van der Waals surface area contributed by atoms with E-state index in [0.29, 0.717) is 18.7 Å². The number of nitrogens with zero attached hydrogens (tertiary/aromatic N) is 1. The third kappa shape index (κ3) is 4.88. The average Bonchev–Trinajstić information content (AvgIpc) is 2.35. The fourth-order valence-corrected chi connectivity index (χ4v) is 2.23. The lowest BCUT2D eigenvalue weighted by Crippen LogP contribution is -2.48. The maximum Gasteiger partial charge on any atom is 0.251 e. The Morgan fingerprint density at radius 2 is 1.76 bits per heavy atom. The van der Waals surface area contributed by atoms with Crippen LogP contribution < -0.4 is 5.32 Å². The molecule has 0 spiro atoms. The van der Waals surface area contributed by atoms with E-state index in [4.69, 9.17) is 0 Å². The highest BCUT2D eigenvalue weighted by atomic mass is 16.2. The summed E-state index contributed by atoms with van der Waals surface area (Å²) < 4.78 is 0. The number of carbonyl (C=O) groups excluding carboxylic acids is 2. The fourth-order valence-electron chi connectivity index (χ4n) is 2.23. The minimum absolute atomic E-state index is 0.0166. The summed E-state index contributed by atoms with van der Waals surface area (Å²) in [5.74, 6) is -0.0848. The second-order valence-corrected chi connectivity index (χ2v) is 6.40. The number of aryl methyl sites for hydroxylation is 2. The topological polar surface area (TPSA) is 49.4 Å². The summed E-state index contributed by atoms with van der Waals surface area (Å²) in [7, 11) is 0. The van der Waals surface area contributed by atoms with Crippen LogP contribution in [0, 0.1) is 13.8 Å². The zero-order valence-corrected chi connectivity index (χ0v) is 13.9. The summed E-state index contributed by atoms with van der Waals surface area (Å²) in [6.45, 7) is 12.5. The van der Waals surface area contributed by atoms with Gasteiger partial charge < -0.3 is 10.2 Å². The highest BCUT2D eigenvalue weighted by molar-refractivity contribution is 5.94. The molecule has 21 heavy (non-hydrogen) atoms.